The molecule has 0 aliphatic heterocycles. The third-order valence-corrected chi connectivity index (χ3v) is 5.44. The molecule has 0 heterocycles. The second-order valence-corrected chi connectivity index (χ2v) is 7.21. The number of benzene rings is 2. The van der Waals surface area contributed by atoms with E-state index in [0.29, 0.717) is 11.3 Å². The lowest BCUT2D eigenvalue weighted by atomic mass is 10.2. The zero-order chi connectivity index (χ0) is 18.6. The van der Waals surface area contributed by atoms with E-state index in [9.17, 15) is 18.5 Å². The van der Waals surface area contributed by atoms with Crippen LogP contribution in [0.2, 0.25) is 0 Å². The van der Waals surface area contributed by atoms with Crippen molar-refractivity contribution in [1.82, 2.24) is 4.31 Å². The van der Waals surface area contributed by atoms with Gasteiger partial charge in [-0.25, -0.2) is 8.42 Å². The summed E-state index contributed by atoms with van der Waals surface area (Å²) in [6, 6.07) is 10.2. The lowest BCUT2D eigenvalue weighted by Gasteiger charge is -2.19. The average Bonchev–Trinajstić information content (AvgIpc) is 2.61. The molecule has 0 N–H and O–H groups in total. The molecule has 0 bridgehead atoms. The van der Waals surface area contributed by atoms with Gasteiger partial charge in [-0.2, -0.15) is 4.31 Å². The van der Waals surface area contributed by atoms with Crippen LogP contribution in [0.3, 0.4) is 0 Å². The second kappa shape index (κ2) is 7.49. The zero-order valence-electron chi connectivity index (χ0n) is 14.0. The molecule has 134 valence electrons. The normalized spacial score (nSPS) is 11.4. The summed E-state index contributed by atoms with van der Waals surface area (Å²) >= 11 is 0. The molecule has 0 aliphatic rings. The van der Waals surface area contributed by atoms with E-state index >= 15 is 0 Å². The predicted molar refractivity (Wildman–Crippen MR) is 91.3 cm³/mol. The highest BCUT2D eigenvalue weighted by atomic mass is 32.2. The molecule has 9 heteroatoms. The van der Waals surface area contributed by atoms with E-state index in [1.165, 1.54) is 57.7 Å². The Kier molecular flexibility index (Phi) is 5.60. The number of non-ortho nitro benzene ring substituents is 1. The fourth-order valence-electron chi connectivity index (χ4n) is 2.22. The summed E-state index contributed by atoms with van der Waals surface area (Å²) in [5.74, 6) is 0.597. The third kappa shape index (κ3) is 4.06. The van der Waals surface area contributed by atoms with Crippen molar-refractivity contribution in [2.45, 2.75) is 11.4 Å². The first-order chi connectivity index (χ1) is 11.8. The van der Waals surface area contributed by atoms with E-state index in [0.717, 1.165) is 4.31 Å². The van der Waals surface area contributed by atoms with Crippen molar-refractivity contribution >= 4 is 15.7 Å². The molecule has 0 amide bonds. The predicted octanol–water partition coefficient (Wildman–Crippen LogP) is 2.43. The van der Waals surface area contributed by atoms with Gasteiger partial charge in [0.05, 0.1) is 19.1 Å². The fraction of sp³-hybridized carbons (Fsp3) is 0.250. The summed E-state index contributed by atoms with van der Waals surface area (Å²) in [7, 11) is 0.411. The van der Waals surface area contributed by atoms with Gasteiger partial charge < -0.3 is 9.47 Å². The molecule has 0 unspecified atom stereocenters. The summed E-state index contributed by atoms with van der Waals surface area (Å²) in [5, 5.41) is 10.7. The van der Waals surface area contributed by atoms with Crippen LogP contribution in [0.15, 0.2) is 47.4 Å². The number of nitro benzene ring substituents is 1. The number of hydrogen-bond acceptors (Lipinski definition) is 6. The number of nitro groups is 1. The highest BCUT2D eigenvalue weighted by Crippen LogP contribution is 2.30. The summed E-state index contributed by atoms with van der Waals surface area (Å²) in [6.07, 6.45) is 0. The summed E-state index contributed by atoms with van der Waals surface area (Å²) in [4.78, 5) is 10.2. The van der Waals surface area contributed by atoms with Gasteiger partial charge in [-0.1, -0.05) is 12.1 Å². The Bertz CT molecular complexity index is 865. The van der Waals surface area contributed by atoms with Crippen molar-refractivity contribution in [2.75, 3.05) is 21.3 Å². The largest absolute Gasteiger partial charge is 0.497 e. The van der Waals surface area contributed by atoms with E-state index in [1.54, 1.807) is 6.07 Å². The molecule has 0 saturated heterocycles. The van der Waals surface area contributed by atoms with Gasteiger partial charge in [-0.3, -0.25) is 10.1 Å². The molecule has 25 heavy (non-hydrogen) atoms. The Hall–Kier alpha value is -2.65. The van der Waals surface area contributed by atoms with Crippen molar-refractivity contribution in [3.05, 3.63) is 58.1 Å². The summed E-state index contributed by atoms with van der Waals surface area (Å²) < 4.78 is 37.0. The van der Waals surface area contributed by atoms with Crippen molar-refractivity contribution in [3.63, 3.8) is 0 Å². The molecule has 0 atom stereocenters. The molecule has 0 spiro atoms. The van der Waals surface area contributed by atoms with E-state index < -0.39 is 14.9 Å². The monoisotopic (exact) mass is 366 g/mol. The molecule has 0 fully saturated rings. The summed E-state index contributed by atoms with van der Waals surface area (Å²) in [6.45, 7) is 0.0562. The Morgan fingerprint density at radius 3 is 2.24 bits per heavy atom. The molecular weight excluding hydrogens is 348 g/mol. The van der Waals surface area contributed by atoms with Gasteiger partial charge in [-0.15, -0.1) is 0 Å². The van der Waals surface area contributed by atoms with Crippen molar-refractivity contribution < 1.29 is 22.8 Å². The highest BCUT2D eigenvalue weighted by molar-refractivity contribution is 7.89. The van der Waals surface area contributed by atoms with Crippen molar-refractivity contribution in [1.29, 1.82) is 0 Å². The average molecular weight is 366 g/mol. The number of rotatable bonds is 7. The van der Waals surface area contributed by atoms with Crippen LogP contribution in [0, 0.1) is 10.1 Å². The molecule has 0 aliphatic carbocycles. The Labute approximate surface area is 145 Å². The standard InChI is InChI=1S/C16H18N2O6S/c1-17(11-12-4-6-13(7-5-12)18(19)20)25(21,22)16-10-14(23-2)8-9-15(16)24-3/h4-10H,11H2,1-3H3. The van der Waals surface area contributed by atoms with E-state index in [4.69, 9.17) is 9.47 Å². The molecule has 0 aromatic heterocycles. The number of hydrogen-bond donors (Lipinski definition) is 0. The number of sulfonamides is 1. The van der Waals surface area contributed by atoms with Gasteiger partial charge in [0, 0.05) is 31.8 Å². The Morgan fingerprint density at radius 2 is 1.72 bits per heavy atom. The van der Waals surface area contributed by atoms with Gasteiger partial charge >= 0.3 is 0 Å². The highest BCUT2D eigenvalue weighted by Gasteiger charge is 2.25. The molecule has 2 aromatic carbocycles. The minimum atomic E-state index is -3.84. The van der Waals surface area contributed by atoms with Crippen LogP contribution < -0.4 is 9.47 Å². The van der Waals surface area contributed by atoms with Gasteiger partial charge in [0.15, 0.2) is 0 Å². The maximum atomic E-state index is 12.8. The Morgan fingerprint density at radius 1 is 1.08 bits per heavy atom. The van der Waals surface area contributed by atoms with E-state index in [-0.39, 0.29) is 22.9 Å². The van der Waals surface area contributed by atoms with Crippen LogP contribution in [-0.4, -0.2) is 38.9 Å². The molecule has 8 nitrogen and oxygen atoms in total. The van der Waals surface area contributed by atoms with E-state index in [2.05, 4.69) is 0 Å². The van der Waals surface area contributed by atoms with Gasteiger partial charge in [0.25, 0.3) is 5.69 Å². The van der Waals surface area contributed by atoms with Crippen LogP contribution in [-0.2, 0) is 16.6 Å². The first-order valence-corrected chi connectivity index (χ1v) is 8.65. The van der Waals surface area contributed by atoms with Crippen molar-refractivity contribution in [3.8, 4) is 11.5 Å². The molecule has 0 radical (unpaired) electrons. The minimum Gasteiger partial charge on any atom is -0.497 e. The fourth-order valence-corrected chi connectivity index (χ4v) is 3.54. The first-order valence-electron chi connectivity index (χ1n) is 7.21. The van der Waals surface area contributed by atoms with Crippen molar-refractivity contribution in [2.24, 2.45) is 0 Å². The molecule has 2 aromatic rings. The smallest absolute Gasteiger partial charge is 0.269 e. The lowest BCUT2D eigenvalue weighted by molar-refractivity contribution is -0.384. The van der Waals surface area contributed by atoms with Gasteiger partial charge in [0.1, 0.15) is 16.4 Å². The van der Waals surface area contributed by atoms with E-state index in [1.807, 2.05) is 0 Å². The Balaban J connectivity index is 2.31. The first kappa shape index (κ1) is 18.7. The summed E-state index contributed by atoms with van der Waals surface area (Å²) in [5.41, 5.74) is 0.572. The maximum absolute atomic E-state index is 12.8. The number of methoxy groups -OCH3 is 2. The van der Waals surface area contributed by atoms with Gasteiger partial charge in [0.2, 0.25) is 10.0 Å². The maximum Gasteiger partial charge on any atom is 0.269 e. The molecule has 2 rings (SSSR count). The zero-order valence-corrected chi connectivity index (χ0v) is 14.8. The molecular formula is C16H18N2O6S. The topological polar surface area (TPSA) is 99.0 Å². The van der Waals surface area contributed by atoms with Crippen LogP contribution >= 0.6 is 0 Å². The van der Waals surface area contributed by atoms with Crippen LogP contribution in [0.4, 0.5) is 5.69 Å². The molecule has 0 saturated carbocycles. The number of nitrogens with zero attached hydrogens (tertiary/aromatic N) is 2. The van der Waals surface area contributed by atoms with Gasteiger partial charge in [-0.05, 0) is 17.7 Å². The second-order valence-electron chi connectivity index (χ2n) is 5.20. The quantitative estimate of drug-likeness (QED) is 0.551. The van der Waals surface area contributed by atoms with Crippen LogP contribution in [0.25, 0.3) is 0 Å². The lowest BCUT2D eigenvalue weighted by Crippen LogP contribution is -2.27. The minimum absolute atomic E-state index is 0.0150. The van der Waals surface area contributed by atoms with Crippen LogP contribution in [0.1, 0.15) is 5.56 Å². The third-order valence-electron chi connectivity index (χ3n) is 3.61. The SMILES string of the molecule is COc1ccc(OC)c(S(=O)(=O)N(C)Cc2ccc([N+](=O)[O-])cc2)c1. The van der Waals surface area contributed by atoms with Crippen LogP contribution in [0.5, 0.6) is 11.5 Å². The number of ether oxygens (including phenoxy) is 2.